The number of ether oxygens (including phenoxy) is 2. The number of carbonyl (C=O) groups is 1. The fourth-order valence-corrected chi connectivity index (χ4v) is 2.63. The molecule has 5 nitrogen and oxygen atoms in total. The maximum atomic E-state index is 12.2. The van der Waals surface area contributed by atoms with Gasteiger partial charge in [0.25, 0.3) is 0 Å². The van der Waals surface area contributed by atoms with Crippen molar-refractivity contribution in [3.63, 3.8) is 0 Å². The molecule has 0 unspecified atom stereocenters. The Balaban J connectivity index is 1.93. The molecule has 2 aromatic carbocycles. The Labute approximate surface area is 149 Å². The second-order valence-electron chi connectivity index (χ2n) is 6.08. The highest BCUT2D eigenvalue weighted by Crippen LogP contribution is 2.20. The third-order valence-corrected chi connectivity index (χ3v) is 4.14. The van der Waals surface area contributed by atoms with Crippen LogP contribution in [-0.2, 0) is 11.2 Å². The average molecular weight is 342 g/mol. The van der Waals surface area contributed by atoms with Gasteiger partial charge in [-0.3, -0.25) is 4.79 Å². The minimum absolute atomic E-state index is 0.00512. The molecule has 0 fully saturated rings. The van der Waals surface area contributed by atoms with Crippen molar-refractivity contribution in [3.05, 3.63) is 59.7 Å². The van der Waals surface area contributed by atoms with Gasteiger partial charge < -0.3 is 19.7 Å². The smallest absolute Gasteiger partial charge is 0.224 e. The van der Waals surface area contributed by atoms with Gasteiger partial charge in [-0.1, -0.05) is 24.3 Å². The van der Waals surface area contributed by atoms with E-state index in [0.29, 0.717) is 13.0 Å². The molecule has 0 radical (unpaired) electrons. The number of nitrogens with zero attached hydrogens (tertiary/aromatic N) is 1. The summed E-state index contributed by atoms with van der Waals surface area (Å²) < 4.78 is 10.3. The van der Waals surface area contributed by atoms with Gasteiger partial charge in [0.1, 0.15) is 11.5 Å². The van der Waals surface area contributed by atoms with Gasteiger partial charge in [-0.05, 0) is 49.5 Å². The van der Waals surface area contributed by atoms with Crippen LogP contribution in [0, 0.1) is 0 Å². The number of hydrogen-bond donors (Lipinski definition) is 1. The fourth-order valence-electron chi connectivity index (χ4n) is 2.63. The van der Waals surface area contributed by atoms with E-state index < -0.39 is 0 Å². The quantitative estimate of drug-likeness (QED) is 0.801. The van der Waals surface area contributed by atoms with Crippen molar-refractivity contribution in [1.82, 2.24) is 10.2 Å². The molecular formula is C20H26N2O3. The fraction of sp³-hybridized carbons (Fsp3) is 0.350. The molecule has 0 saturated heterocycles. The lowest BCUT2D eigenvalue weighted by Gasteiger charge is -2.25. The van der Waals surface area contributed by atoms with Crippen LogP contribution >= 0.6 is 0 Å². The van der Waals surface area contributed by atoms with E-state index in [1.165, 1.54) is 0 Å². The number of carbonyl (C=O) groups excluding carboxylic acids is 1. The van der Waals surface area contributed by atoms with Crippen LogP contribution < -0.4 is 14.8 Å². The molecule has 1 atom stereocenters. The molecule has 0 aromatic heterocycles. The summed E-state index contributed by atoms with van der Waals surface area (Å²) in [4.78, 5) is 14.3. The van der Waals surface area contributed by atoms with Crippen LogP contribution in [0.1, 0.15) is 17.2 Å². The number of likely N-dealkylation sites (N-methyl/N-ethyl adjacent to an activating group) is 1. The molecule has 0 aliphatic rings. The van der Waals surface area contributed by atoms with Gasteiger partial charge in [0.05, 0.1) is 26.7 Å². The Hall–Kier alpha value is -2.53. The van der Waals surface area contributed by atoms with Crippen molar-refractivity contribution in [1.29, 1.82) is 0 Å². The molecule has 0 bridgehead atoms. The number of rotatable bonds is 8. The zero-order valence-corrected chi connectivity index (χ0v) is 15.3. The van der Waals surface area contributed by atoms with Crippen molar-refractivity contribution < 1.29 is 14.3 Å². The summed E-state index contributed by atoms with van der Waals surface area (Å²) in [5.41, 5.74) is 2.10. The largest absolute Gasteiger partial charge is 0.497 e. The van der Waals surface area contributed by atoms with Crippen LogP contribution in [0.4, 0.5) is 0 Å². The first-order chi connectivity index (χ1) is 12.0. The molecule has 2 rings (SSSR count). The first-order valence-electron chi connectivity index (χ1n) is 8.23. The molecule has 0 heterocycles. The van der Waals surface area contributed by atoms with Crippen LogP contribution in [0.3, 0.4) is 0 Å². The van der Waals surface area contributed by atoms with E-state index in [1.807, 2.05) is 62.6 Å². The lowest BCUT2D eigenvalue weighted by molar-refractivity contribution is -0.120. The summed E-state index contributed by atoms with van der Waals surface area (Å²) in [6.45, 7) is 0.550. The Morgan fingerprint density at radius 2 is 1.48 bits per heavy atom. The summed E-state index contributed by atoms with van der Waals surface area (Å²) in [5, 5.41) is 3.03. The molecular weight excluding hydrogens is 316 g/mol. The second kappa shape index (κ2) is 9.08. The molecule has 2 aromatic rings. The molecule has 5 heteroatoms. The van der Waals surface area contributed by atoms with Crippen LogP contribution in [0.2, 0.25) is 0 Å². The summed E-state index contributed by atoms with van der Waals surface area (Å²) in [6.07, 6.45) is 0.354. The van der Waals surface area contributed by atoms with E-state index in [9.17, 15) is 4.79 Å². The molecule has 0 aliphatic heterocycles. The van der Waals surface area contributed by atoms with Gasteiger partial charge >= 0.3 is 0 Å². The predicted octanol–water partition coefficient (Wildman–Crippen LogP) is 2.67. The third kappa shape index (κ3) is 5.50. The summed E-state index contributed by atoms with van der Waals surface area (Å²) in [5.74, 6) is 1.62. The van der Waals surface area contributed by atoms with Crippen LogP contribution in [-0.4, -0.2) is 45.7 Å². The van der Waals surface area contributed by atoms with Crippen molar-refractivity contribution >= 4 is 5.91 Å². The summed E-state index contributed by atoms with van der Waals surface area (Å²) in [6, 6.07) is 15.6. The molecule has 0 spiro atoms. The number of benzene rings is 2. The molecule has 25 heavy (non-hydrogen) atoms. The Kier molecular flexibility index (Phi) is 6.83. The molecule has 1 N–H and O–H groups in total. The second-order valence-corrected chi connectivity index (χ2v) is 6.08. The molecule has 0 saturated carbocycles. The van der Waals surface area contributed by atoms with E-state index in [1.54, 1.807) is 14.2 Å². The Morgan fingerprint density at radius 1 is 0.960 bits per heavy atom. The normalized spacial score (nSPS) is 11.9. The zero-order chi connectivity index (χ0) is 18.2. The van der Waals surface area contributed by atoms with Gasteiger partial charge in [0.2, 0.25) is 5.91 Å². The highest BCUT2D eigenvalue weighted by atomic mass is 16.5. The van der Waals surface area contributed by atoms with Gasteiger partial charge in [0, 0.05) is 6.54 Å². The topological polar surface area (TPSA) is 50.8 Å². The van der Waals surface area contributed by atoms with E-state index in [2.05, 4.69) is 10.2 Å². The predicted molar refractivity (Wildman–Crippen MR) is 99.1 cm³/mol. The highest BCUT2D eigenvalue weighted by molar-refractivity contribution is 5.78. The number of amides is 1. The average Bonchev–Trinajstić information content (AvgIpc) is 2.62. The van der Waals surface area contributed by atoms with E-state index >= 15 is 0 Å². The summed E-state index contributed by atoms with van der Waals surface area (Å²) in [7, 11) is 7.29. The lowest BCUT2D eigenvalue weighted by atomic mass is 10.1. The minimum atomic E-state index is 0.00512. The highest BCUT2D eigenvalue weighted by Gasteiger charge is 2.15. The number of hydrogen-bond acceptors (Lipinski definition) is 4. The Morgan fingerprint density at radius 3 is 1.96 bits per heavy atom. The zero-order valence-electron chi connectivity index (χ0n) is 15.3. The van der Waals surface area contributed by atoms with Crippen LogP contribution in [0.25, 0.3) is 0 Å². The van der Waals surface area contributed by atoms with Crippen LogP contribution in [0.15, 0.2) is 48.5 Å². The standard InChI is InChI=1S/C20H26N2O3/c1-22(2)19(16-7-11-18(25-4)12-8-16)14-21-20(23)13-15-5-9-17(24-3)10-6-15/h5-12,19H,13-14H2,1-4H3,(H,21,23)/t19-/m0/s1. The Bertz CT molecular complexity index is 666. The lowest BCUT2D eigenvalue weighted by Crippen LogP contribution is -2.35. The maximum absolute atomic E-state index is 12.2. The van der Waals surface area contributed by atoms with E-state index in [-0.39, 0.29) is 11.9 Å². The molecule has 0 aliphatic carbocycles. The van der Waals surface area contributed by atoms with Gasteiger partial charge in [-0.2, -0.15) is 0 Å². The van der Waals surface area contributed by atoms with Crippen LogP contribution in [0.5, 0.6) is 11.5 Å². The van der Waals surface area contributed by atoms with Gasteiger partial charge in [-0.25, -0.2) is 0 Å². The molecule has 134 valence electrons. The molecule has 1 amide bonds. The first-order valence-corrected chi connectivity index (χ1v) is 8.23. The van der Waals surface area contributed by atoms with Crippen molar-refractivity contribution in [2.45, 2.75) is 12.5 Å². The minimum Gasteiger partial charge on any atom is -0.497 e. The van der Waals surface area contributed by atoms with Crippen molar-refractivity contribution in [3.8, 4) is 11.5 Å². The number of nitrogens with one attached hydrogen (secondary N) is 1. The van der Waals surface area contributed by atoms with E-state index in [4.69, 9.17) is 9.47 Å². The SMILES string of the molecule is COc1ccc(CC(=O)NC[C@@H](c2ccc(OC)cc2)N(C)C)cc1. The maximum Gasteiger partial charge on any atom is 0.224 e. The van der Waals surface area contributed by atoms with Crippen molar-refractivity contribution in [2.75, 3.05) is 34.9 Å². The monoisotopic (exact) mass is 342 g/mol. The van der Waals surface area contributed by atoms with Gasteiger partial charge in [-0.15, -0.1) is 0 Å². The van der Waals surface area contributed by atoms with E-state index in [0.717, 1.165) is 22.6 Å². The first kappa shape index (κ1) is 18.8. The van der Waals surface area contributed by atoms with Crippen molar-refractivity contribution in [2.24, 2.45) is 0 Å². The van der Waals surface area contributed by atoms with Gasteiger partial charge in [0.15, 0.2) is 0 Å². The third-order valence-electron chi connectivity index (χ3n) is 4.14. The number of methoxy groups -OCH3 is 2. The summed E-state index contributed by atoms with van der Waals surface area (Å²) >= 11 is 0.